The molecule has 1 aliphatic rings. The third-order valence-corrected chi connectivity index (χ3v) is 2.47. The molecular weight excluding hydrogens is 144 g/mol. The first-order valence-corrected chi connectivity index (χ1v) is 4.57. The van der Waals surface area contributed by atoms with E-state index in [1.165, 1.54) is 16.7 Å². The van der Waals surface area contributed by atoms with E-state index in [9.17, 15) is 0 Å². The Morgan fingerprint density at radius 2 is 2.08 bits per heavy atom. The number of hydrogen-bond acceptors (Lipinski definition) is 0. The normalized spacial score (nSPS) is 13.9. The van der Waals surface area contributed by atoms with Crippen molar-refractivity contribution in [3.05, 3.63) is 41.0 Å². The lowest BCUT2D eigenvalue weighted by Gasteiger charge is -2.07. The predicted octanol–water partition coefficient (Wildman–Crippen LogP) is 3.38. The fraction of sp³-hybridized carbons (Fsp3) is 0.333. The fourth-order valence-corrected chi connectivity index (χ4v) is 1.64. The SMILES string of the molecule is CC(C)c1ccc2c(c1)CC=C2. The third kappa shape index (κ3) is 1.18. The van der Waals surface area contributed by atoms with Gasteiger partial charge in [-0.3, -0.25) is 0 Å². The molecule has 0 amide bonds. The number of allylic oxidation sites excluding steroid dienone is 1. The van der Waals surface area contributed by atoms with E-state index in [2.05, 4.69) is 44.2 Å². The fourth-order valence-electron chi connectivity index (χ4n) is 1.64. The van der Waals surface area contributed by atoms with Crippen molar-refractivity contribution < 1.29 is 0 Å². The van der Waals surface area contributed by atoms with Crippen molar-refractivity contribution in [3.63, 3.8) is 0 Å². The van der Waals surface area contributed by atoms with Crippen LogP contribution in [-0.4, -0.2) is 0 Å². The summed E-state index contributed by atoms with van der Waals surface area (Å²) in [6.07, 6.45) is 5.56. The van der Waals surface area contributed by atoms with Gasteiger partial charge in [0.2, 0.25) is 0 Å². The van der Waals surface area contributed by atoms with Crippen LogP contribution in [0.3, 0.4) is 0 Å². The summed E-state index contributed by atoms with van der Waals surface area (Å²) in [5, 5.41) is 0. The summed E-state index contributed by atoms with van der Waals surface area (Å²) >= 11 is 0. The maximum atomic E-state index is 2.33. The van der Waals surface area contributed by atoms with Crippen molar-refractivity contribution in [1.82, 2.24) is 0 Å². The number of rotatable bonds is 1. The van der Waals surface area contributed by atoms with E-state index in [0.717, 1.165) is 6.42 Å². The van der Waals surface area contributed by atoms with E-state index in [1.54, 1.807) is 0 Å². The smallest absolute Gasteiger partial charge is 0.00881 e. The topological polar surface area (TPSA) is 0 Å². The highest BCUT2D eigenvalue weighted by Crippen LogP contribution is 2.23. The molecule has 0 saturated carbocycles. The van der Waals surface area contributed by atoms with Crippen LogP contribution < -0.4 is 0 Å². The summed E-state index contributed by atoms with van der Waals surface area (Å²) in [6.45, 7) is 4.48. The Balaban J connectivity index is 2.42. The van der Waals surface area contributed by atoms with Crippen LogP contribution in [-0.2, 0) is 6.42 Å². The molecule has 0 aliphatic heterocycles. The molecule has 12 heavy (non-hydrogen) atoms. The van der Waals surface area contributed by atoms with Gasteiger partial charge in [0.1, 0.15) is 0 Å². The maximum absolute atomic E-state index is 2.33. The monoisotopic (exact) mass is 158 g/mol. The third-order valence-electron chi connectivity index (χ3n) is 2.47. The van der Waals surface area contributed by atoms with Crippen molar-refractivity contribution in [3.8, 4) is 0 Å². The lowest BCUT2D eigenvalue weighted by Crippen LogP contribution is -1.90. The first kappa shape index (κ1) is 7.60. The van der Waals surface area contributed by atoms with Gasteiger partial charge in [0, 0.05) is 0 Å². The van der Waals surface area contributed by atoms with Crippen LogP contribution in [0, 0.1) is 0 Å². The van der Waals surface area contributed by atoms with Gasteiger partial charge in [-0.25, -0.2) is 0 Å². The zero-order valence-corrected chi connectivity index (χ0v) is 7.67. The highest BCUT2D eigenvalue weighted by Gasteiger charge is 2.06. The maximum Gasteiger partial charge on any atom is -0.00881 e. The van der Waals surface area contributed by atoms with Crippen LogP contribution in [0.5, 0.6) is 0 Å². The average Bonchev–Trinajstić information content (AvgIpc) is 2.49. The number of fused-ring (bicyclic) bond motifs is 1. The van der Waals surface area contributed by atoms with Crippen molar-refractivity contribution in [2.24, 2.45) is 0 Å². The Morgan fingerprint density at radius 1 is 1.25 bits per heavy atom. The molecule has 1 aromatic carbocycles. The van der Waals surface area contributed by atoms with Crippen LogP contribution in [0.1, 0.15) is 36.5 Å². The van der Waals surface area contributed by atoms with Crippen molar-refractivity contribution in [2.75, 3.05) is 0 Å². The second-order valence-electron chi connectivity index (χ2n) is 3.72. The molecule has 1 aliphatic carbocycles. The summed E-state index contributed by atoms with van der Waals surface area (Å²) in [5.41, 5.74) is 4.35. The van der Waals surface area contributed by atoms with Crippen LogP contribution >= 0.6 is 0 Å². The minimum atomic E-state index is 0.649. The highest BCUT2D eigenvalue weighted by atomic mass is 14.1. The molecule has 0 atom stereocenters. The van der Waals surface area contributed by atoms with Crippen molar-refractivity contribution in [2.45, 2.75) is 26.2 Å². The zero-order valence-electron chi connectivity index (χ0n) is 7.67. The van der Waals surface area contributed by atoms with Crippen LogP contribution in [0.15, 0.2) is 24.3 Å². The molecule has 0 bridgehead atoms. The zero-order chi connectivity index (χ0) is 8.55. The second kappa shape index (κ2) is 2.78. The molecule has 0 N–H and O–H groups in total. The van der Waals surface area contributed by atoms with E-state index in [0.29, 0.717) is 5.92 Å². The summed E-state index contributed by atoms with van der Waals surface area (Å²) in [4.78, 5) is 0. The van der Waals surface area contributed by atoms with E-state index >= 15 is 0 Å². The van der Waals surface area contributed by atoms with Gasteiger partial charge in [-0.2, -0.15) is 0 Å². The molecule has 0 heteroatoms. The molecule has 0 saturated heterocycles. The first-order valence-electron chi connectivity index (χ1n) is 4.57. The highest BCUT2D eigenvalue weighted by molar-refractivity contribution is 5.60. The molecule has 2 rings (SSSR count). The molecule has 0 heterocycles. The van der Waals surface area contributed by atoms with Gasteiger partial charge in [-0.05, 0) is 29.0 Å². The average molecular weight is 158 g/mol. The predicted molar refractivity (Wildman–Crippen MR) is 53.3 cm³/mol. The summed E-state index contributed by atoms with van der Waals surface area (Å²) in [5.74, 6) is 0.649. The number of benzene rings is 1. The van der Waals surface area contributed by atoms with E-state index in [1.807, 2.05) is 0 Å². The van der Waals surface area contributed by atoms with Gasteiger partial charge < -0.3 is 0 Å². The lowest BCUT2D eigenvalue weighted by atomic mass is 9.98. The van der Waals surface area contributed by atoms with Crippen LogP contribution in [0.2, 0.25) is 0 Å². The molecule has 0 nitrogen and oxygen atoms in total. The summed E-state index contributed by atoms with van der Waals surface area (Å²) < 4.78 is 0. The van der Waals surface area contributed by atoms with Crippen LogP contribution in [0.25, 0.3) is 6.08 Å². The summed E-state index contributed by atoms with van der Waals surface area (Å²) in [7, 11) is 0. The Labute approximate surface area is 73.9 Å². The quantitative estimate of drug-likeness (QED) is 0.587. The van der Waals surface area contributed by atoms with Gasteiger partial charge in [-0.15, -0.1) is 0 Å². The van der Waals surface area contributed by atoms with Crippen molar-refractivity contribution >= 4 is 6.08 Å². The van der Waals surface area contributed by atoms with E-state index < -0.39 is 0 Å². The summed E-state index contributed by atoms with van der Waals surface area (Å²) in [6, 6.07) is 6.80. The molecule has 0 fully saturated rings. The molecular formula is C12H14. The van der Waals surface area contributed by atoms with Crippen molar-refractivity contribution in [1.29, 1.82) is 0 Å². The second-order valence-corrected chi connectivity index (χ2v) is 3.72. The Kier molecular flexibility index (Phi) is 1.76. The molecule has 0 unspecified atom stereocenters. The van der Waals surface area contributed by atoms with Gasteiger partial charge in [0.25, 0.3) is 0 Å². The molecule has 0 aromatic heterocycles. The van der Waals surface area contributed by atoms with Gasteiger partial charge in [0.05, 0.1) is 0 Å². The van der Waals surface area contributed by atoms with Gasteiger partial charge in [0.15, 0.2) is 0 Å². The molecule has 0 radical (unpaired) electrons. The minimum absolute atomic E-state index is 0.649. The van der Waals surface area contributed by atoms with E-state index in [-0.39, 0.29) is 0 Å². The van der Waals surface area contributed by atoms with E-state index in [4.69, 9.17) is 0 Å². The molecule has 62 valence electrons. The van der Waals surface area contributed by atoms with Crippen LogP contribution in [0.4, 0.5) is 0 Å². The minimum Gasteiger partial charge on any atom is -0.0795 e. The lowest BCUT2D eigenvalue weighted by molar-refractivity contribution is 0.864. The molecule has 1 aromatic rings. The standard InChI is InChI=1S/C12H14/c1-9(2)11-7-6-10-4-3-5-12(10)8-11/h3-4,6-9H,5H2,1-2H3. The first-order chi connectivity index (χ1) is 5.77. The largest absolute Gasteiger partial charge is 0.0795 e. The molecule has 0 spiro atoms. The Hall–Kier alpha value is -1.04. The Morgan fingerprint density at radius 3 is 2.83 bits per heavy atom. The van der Waals surface area contributed by atoms with Gasteiger partial charge >= 0.3 is 0 Å². The number of hydrogen-bond donors (Lipinski definition) is 0. The Bertz CT molecular complexity index is 319. The van der Waals surface area contributed by atoms with Gasteiger partial charge in [-0.1, -0.05) is 44.2 Å².